The lowest BCUT2D eigenvalue weighted by molar-refractivity contribution is -0.121. The van der Waals surface area contributed by atoms with E-state index in [0.717, 1.165) is 42.8 Å². The fourth-order valence-electron chi connectivity index (χ4n) is 4.15. The Labute approximate surface area is 185 Å². The number of aromatic nitrogens is 2. The van der Waals surface area contributed by atoms with Crippen LogP contribution in [-0.4, -0.2) is 53.6 Å². The number of fused-ring (bicyclic) bond motifs is 3. The van der Waals surface area contributed by atoms with Crippen molar-refractivity contribution in [2.24, 2.45) is 0 Å². The van der Waals surface area contributed by atoms with Crippen LogP contribution in [0.15, 0.2) is 64.1 Å². The van der Waals surface area contributed by atoms with E-state index in [-0.39, 0.29) is 23.6 Å². The molecule has 0 spiro atoms. The van der Waals surface area contributed by atoms with Gasteiger partial charge in [-0.05, 0) is 30.8 Å². The molecule has 0 bridgehead atoms. The molecule has 32 heavy (non-hydrogen) atoms. The molecule has 0 aliphatic carbocycles. The Bertz CT molecular complexity index is 1330. The first-order chi connectivity index (χ1) is 15.6. The Morgan fingerprint density at radius 2 is 1.81 bits per heavy atom. The van der Waals surface area contributed by atoms with Gasteiger partial charge in [0.2, 0.25) is 11.5 Å². The monoisotopic (exact) mass is 431 g/mol. The fraction of sp³-hybridized carbons (Fsp3) is 0.292. The summed E-state index contributed by atoms with van der Waals surface area (Å²) in [5.74, 6) is -0.252. The van der Waals surface area contributed by atoms with Crippen LogP contribution in [0.2, 0.25) is 0 Å². The predicted molar refractivity (Wildman–Crippen MR) is 124 cm³/mol. The summed E-state index contributed by atoms with van der Waals surface area (Å²) >= 11 is 0. The van der Waals surface area contributed by atoms with Crippen molar-refractivity contribution in [1.29, 1.82) is 0 Å². The van der Waals surface area contributed by atoms with E-state index in [0.29, 0.717) is 17.6 Å². The number of benzene rings is 2. The third kappa shape index (κ3) is 3.85. The number of amides is 1. The van der Waals surface area contributed by atoms with Gasteiger partial charge in [0.1, 0.15) is 17.6 Å². The number of rotatable bonds is 5. The van der Waals surface area contributed by atoms with Crippen LogP contribution in [-0.2, 0) is 17.9 Å². The Kier molecular flexibility index (Phi) is 5.36. The Morgan fingerprint density at radius 1 is 1.06 bits per heavy atom. The average Bonchev–Trinajstić information content (AvgIpc) is 3.20. The number of para-hydroxylation sites is 2. The molecule has 1 saturated heterocycles. The van der Waals surface area contributed by atoms with Gasteiger partial charge in [-0.2, -0.15) is 0 Å². The zero-order valence-electron chi connectivity index (χ0n) is 18.0. The maximum atomic E-state index is 12.8. The number of likely N-dealkylation sites (N-methyl/N-ethyl adjacent to an activating group) is 1. The van der Waals surface area contributed by atoms with Crippen molar-refractivity contribution >= 4 is 33.7 Å². The van der Waals surface area contributed by atoms with Crippen molar-refractivity contribution in [3.8, 4) is 0 Å². The molecule has 0 atom stereocenters. The van der Waals surface area contributed by atoms with Gasteiger partial charge in [-0.1, -0.05) is 30.3 Å². The molecule has 8 nitrogen and oxygen atoms in total. The third-order valence-corrected chi connectivity index (χ3v) is 5.98. The minimum atomic E-state index is -0.362. The van der Waals surface area contributed by atoms with Crippen LogP contribution in [0.25, 0.3) is 22.1 Å². The lowest BCUT2D eigenvalue weighted by Crippen LogP contribution is -2.45. The first kappa shape index (κ1) is 20.3. The Hall–Kier alpha value is -3.65. The molecular weight excluding hydrogens is 406 g/mol. The molecule has 0 radical (unpaired) electrons. The first-order valence-electron chi connectivity index (χ1n) is 10.7. The number of furan rings is 1. The van der Waals surface area contributed by atoms with E-state index in [2.05, 4.69) is 33.2 Å². The van der Waals surface area contributed by atoms with Gasteiger partial charge in [0.15, 0.2) is 0 Å². The van der Waals surface area contributed by atoms with E-state index in [4.69, 9.17) is 4.42 Å². The maximum Gasteiger partial charge on any atom is 0.297 e. The normalized spacial score (nSPS) is 14.8. The largest absolute Gasteiger partial charge is 0.448 e. The minimum Gasteiger partial charge on any atom is -0.448 e. The number of hydrogen-bond acceptors (Lipinski definition) is 6. The highest BCUT2D eigenvalue weighted by Gasteiger charge is 2.18. The second-order valence-corrected chi connectivity index (χ2v) is 8.15. The number of nitrogens with zero attached hydrogens (tertiary/aromatic N) is 4. The summed E-state index contributed by atoms with van der Waals surface area (Å²) in [5.41, 5.74) is 3.13. The number of carbonyl (C=O) groups excluding carboxylic acids is 1. The number of anilines is 1. The van der Waals surface area contributed by atoms with Crippen LogP contribution in [0.5, 0.6) is 0 Å². The summed E-state index contributed by atoms with van der Waals surface area (Å²) in [7, 11) is 2.13. The van der Waals surface area contributed by atoms with Gasteiger partial charge in [-0.25, -0.2) is 4.98 Å². The van der Waals surface area contributed by atoms with Crippen molar-refractivity contribution in [3.63, 3.8) is 0 Å². The molecule has 1 fully saturated rings. The molecule has 8 heteroatoms. The quantitative estimate of drug-likeness (QED) is 0.522. The summed E-state index contributed by atoms with van der Waals surface area (Å²) in [5, 5.41) is 3.73. The topological polar surface area (TPSA) is 83.6 Å². The van der Waals surface area contributed by atoms with E-state index in [1.807, 2.05) is 36.4 Å². The lowest BCUT2D eigenvalue weighted by Gasteiger charge is -2.35. The van der Waals surface area contributed by atoms with Crippen LogP contribution in [0.4, 0.5) is 5.69 Å². The smallest absolute Gasteiger partial charge is 0.297 e. The molecule has 0 saturated carbocycles. The molecule has 5 rings (SSSR count). The molecule has 1 amide bonds. The second-order valence-electron chi connectivity index (χ2n) is 8.15. The van der Waals surface area contributed by atoms with Gasteiger partial charge >= 0.3 is 0 Å². The zero-order chi connectivity index (χ0) is 22.1. The molecule has 3 heterocycles. The number of nitrogens with one attached hydrogen (secondary N) is 1. The standard InChI is InChI=1S/C24H25N5O3/c1-27-10-12-28(13-11-27)19-8-4-2-6-17(19)14-25-21(30)15-29-16-26-22-18-7-3-5-9-20(18)32-23(22)24(29)31/h2-9,16H,10-15H2,1H3,(H,25,30). The van der Waals surface area contributed by atoms with Gasteiger partial charge in [0.05, 0.1) is 6.33 Å². The van der Waals surface area contributed by atoms with Gasteiger partial charge in [-0.3, -0.25) is 14.2 Å². The van der Waals surface area contributed by atoms with Gasteiger partial charge < -0.3 is 19.5 Å². The number of piperazine rings is 1. The summed E-state index contributed by atoms with van der Waals surface area (Å²) < 4.78 is 6.97. The highest BCUT2D eigenvalue weighted by Crippen LogP contribution is 2.24. The molecule has 1 aliphatic rings. The molecule has 0 unspecified atom stereocenters. The second kappa shape index (κ2) is 8.47. The van der Waals surface area contributed by atoms with Crippen molar-refractivity contribution < 1.29 is 9.21 Å². The SMILES string of the molecule is CN1CCN(c2ccccc2CNC(=O)Cn2cnc3c(oc4ccccc43)c2=O)CC1. The van der Waals surface area contributed by atoms with Crippen LogP contribution in [0, 0.1) is 0 Å². The Balaban J connectivity index is 1.30. The predicted octanol–water partition coefficient (Wildman–Crippen LogP) is 2.21. The van der Waals surface area contributed by atoms with E-state index < -0.39 is 0 Å². The van der Waals surface area contributed by atoms with Crippen molar-refractivity contribution in [2.45, 2.75) is 13.1 Å². The summed E-state index contributed by atoms with van der Waals surface area (Å²) in [6, 6.07) is 15.5. The molecule has 164 valence electrons. The number of hydrogen-bond donors (Lipinski definition) is 1. The number of carbonyl (C=O) groups is 1. The van der Waals surface area contributed by atoms with Crippen molar-refractivity contribution in [3.05, 3.63) is 70.8 Å². The summed E-state index contributed by atoms with van der Waals surface area (Å²) in [6.07, 6.45) is 1.41. The average molecular weight is 431 g/mol. The third-order valence-electron chi connectivity index (χ3n) is 5.98. The summed E-state index contributed by atoms with van der Waals surface area (Å²) in [4.78, 5) is 34.5. The van der Waals surface area contributed by atoms with Crippen molar-refractivity contribution in [1.82, 2.24) is 19.8 Å². The molecule has 1 aliphatic heterocycles. The van der Waals surface area contributed by atoms with Gasteiger partial charge in [-0.15, -0.1) is 0 Å². The van der Waals surface area contributed by atoms with Crippen LogP contribution in [0.3, 0.4) is 0 Å². The minimum absolute atomic E-state index is 0.116. The fourth-order valence-corrected chi connectivity index (χ4v) is 4.15. The van der Waals surface area contributed by atoms with E-state index in [1.165, 1.54) is 10.9 Å². The summed E-state index contributed by atoms with van der Waals surface area (Å²) in [6.45, 7) is 4.23. The van der Waals surface area contributed by atoms with Gasteiger partial charge in [0.25, 0.3) is 5.56 Å². The first-order valence-corrected chi connectivity index (χ1v) is 10.7. The van der Waals surface area contributed by atoms with E-state index >= 15 is 0 Å². The van der Waals surface area contributed by atoms with Gasteiger partial charge in [0, 0.05) is 43.8 Å². The molecule has 2 aromatic carbocycles. The van der Waals surface area contributed by atoms with Crippen molar-refractivity contribution in [2.75, 3.05) is 38.1 Å². The highest BCUT2D eigenvalue weighted by atomic mass is 16.3. The highest BCUT2D eigenvalue weighted by molar-refractivity contribution is 6.01. The molecular formula is C24H25N5O3. The maximum absolute atomic E-state index is 12.8. The van der Waals surface area contributed by atoms with E-state index in [1.54, 1.807) is 6.07 Å². The zero-order valence-corrected chi connectivity index (χ0v) is 18.0. The van der Waals surface area contributed by atoms with Crippen LogP contribution in [0.1, 0.15) is 5.56 Å². The molecule has 4 aromatic rings. The van der Waals surface area contributed by atoms with E-state index in [9.17, 15) is 9.59 Å². The molecule has 1 N–H and O–H groups in total. The van der Waals surface area contributed by atoms with Crippen LogP contribution >= 0.6 is 0 Å². The molecule has 2 aromatic heterocycles. The lowest BCUT2D eigenvalue weighted by atomic mass is 10.1. The Morgan fingerprint density at radius 3 is 2.66 bits per heavy atom. The van der Waals surface area contributed by atoms with Crippen LogP contribution < -0.4 is 15.8 Å².